The van der Waals surface area contributed by atoms with E-state index in [9.17, 15) is 9.18 Å². The van der Waals surface area contributed by atoms with E-state index in [0.29, 0.717) is 18.8 Å². The molecule has 2 heterocycles. The summed E-state index contributed by atoms with van der Waals surface area (Å²) < 4.78 is 20.7. The molecule has 1 aromatic heterocycles. The molecule has 1 amide bonds. The number of aromatic nitrogens is 3. The van der Waals surface area contributed by atoms with Gasteiger partial charge in [0.1, 0.15) is 12.3 Å². The molecule has 0 spiro atoms. The van der Waals surface area contributed by atoms with Gasteiger partial charge in [-0.2, -0.15) is 0 Å². The van der Waals surface area contributed by atoms with Gasteiger partial charge < -0.3 is 9.64 Å². The number of benzene rings is 1. The highest BCUT2D eigenvalue weighted by molar-refractivity contribution is 5.68. The van der Waals surface area contributed by atoms with E-state index in [2.05, 4.69) is 10.3 Å². The minimum Gasteiger partial charge on any atom is -0.445 e. The predicted molar refractivity (Wildman–Crippen MR) is 81.4 cm³/mol. The third-order valence-electron chi connectivity index (χ3n) is 3.82. The molecule has 122 valence electrons. The molecule has 0 radical (unpaired) electrons. The molecule has 1 aliphatic rings. The zero-order valence-corrected chi connectivity index (χ0v) is 13.1. The molecule has 2 aromatic rings. The molecule has 1 saturated heterocycles. The molecule has 1 aromatic carbocycles. The van der Waals surface area contributed by atoms with Gasteiger partial charge in [-0.15, -0.1) is 5.10 Å². The molecular formula is C16H19FN4O2. The smallest absolute Gasteiger partial charge is 0.410 e. The summed E-state index contributed by atoms with van der Waals surface area (Å²) in [5, 5.41) is 7.78. The number of ether oxygens (including phenoxy) is 1. The van der Waals surface area contributed by atoms with Crippen LogP contribution in [0.1, 0.15) is 31.1 Å². The molecule has 1 aliphatic heterocycles. The maximum Gasteiger partial charge on any atom is 0.410 e. The van der Waals surface area contributed by atoms with Gasteiger partial charge in [0.25, 0.3) is 0 Å². The Morgan fingerprint density at radius 3 is 2.65 bits per heavy atom. The van der Waals surface area contributed by atoms with E-state index >= 15 is 0 Å². The average Bonchev–Trinajstić information content (AvgIpc) is 2.94. The molecule has 0 aliphatic carbocycles. The number of carbonyl (C=O) groups is 1. The summed E-state index contributed by atoms with van der Waals surface area (Å²) in [5.41, 5.74) is -0.275. The molecule has 3 rings (SSSR count). The molecular weight excluding hydrogens is 299 g/mol. The SMILES string of the molecule is CC(C)(F)c1cn(C2CN(C(=O)OCc3ccccc3)C2)nn1. The van der Waals surface area contributed by atoms with Crippen LogP contribution in [0.25, 0.3) is 0 Å². The second-order valence-corrected chi connectivity index (χ2v) is 6.16. The number of rotatable bonds is 4. The third kappa shape index (κ3) is 3.49. The van der Waals surface area contributed by atoms with Crippen molar-refractivity contribution in [3.8, 4) is 0 Å². The number of hydrogen-bond acceptors (Lipinski definition) is 4. The quantitative estimate of drug-likeness (QED) is 0.869. The highest BCUT2D eigenvalue weighted by Crippen LogP contribution is 2.25. The Morgan fingerprint density at radius 1 is 1.35 bits per heavy atom. The minimum absolute atomic E-state index is 0.0166. The van der Waals surface area contributed by atoms with Crippen molar-refractivity contribution >= 4 is 6.09 Å². The van der Waals surface area contributed by atoms with E-state index in [-0.39, 0.29) is 18.7 Å². The molecule has 0 bridgehead atoms. The highest BCUT2D eigenvalue weighted by Gasteiger charge is 2.35. The standard InChI is InChI=1S/C16H19FN4O2/c1-16(2,17)14-10-21(19-18-14)13-8-20(9-13)15(22)23-11-12-6-4-3-5-7-12/h3-7,10,13H,8-9,11H2,1-2H3. The van der Waals surface area contributed by atoms with Crippen molar-refractivity contribution in [1.29, 1.82) is 0 Å². The lowest BCUT2D eigenvalue weighted by atomic mass is 10.1. The zero-order valence-electron chi connectivity index (χ0n) is 13.1. The van der Waals surface area contributed by atoms with Gasteiger partial charge in [0, 0.05) is 13.1 Å². The van der Waals surface area contributed by atoms with E-state index in [1.165, 1.54) is 13.8 Å². The van der Waals surface area contributed by atoms with Gasteiger partial charge in [-0.1, -0.05) is 35.5 Å². The van der Waals surface area contributed by atoms with Crippen LogP contribution in [0.2, 0.25) is 0 Å². The molecule has 7 heteroatoms. The monoisotopic (exact) mass is 318 g/mol. The molecule has 1 fully saturated rings. The van der Waals surface area contributed by atoms with Crippen molar-refractivity contribution in [1.82, 2.24) is 19.9 Å². The normalized spacial score (nSPS) is 15.3. The number of nitrogens with zero attached hydrogens (tertiary/aromatic N) is 4. The summed E-state index contributed by atoms with van der Waals surface area (Å²) in [6, 6.07) is 9.54. The maximum absolute atomic E-state index is 13.8. The van der Waals surface area contributed by atoms with Crippen LogP contribution in [0.15, 0.2) is 36.5 Å². The summed E-state index contributed by atoms with van der Waals surface area (Å²) in [5.74, 6) is 0. The van der Waals surface area contributed by atoms with E-state index in [0.717, 1.165) is 5.56 Å². The van der Waals surface area contributed by atoms with Gasteiger partial charge in [-0.25, -0.2) is 13.9 Å². The second kappa shape index (κ2) is 5.98. The first-order valence-corrected chi connectivity index (χ1v) is 7.50. The van der Waals surface area contributed by atoms with Crippen LogP contribution in [0.4, 0.5) is 9.18 Å². The largest absolute Gasteiger partial charge is 0.445 e. The van der Waals surface area contributed by atoms with Gasteiger partial charge in [-0.05, 0) is 19.4 Å². The number of likely N-dealkylation sites (tertiary alicyclic amines) is 1. The van der Waals surface area contributed by atoms with Crippen LogP contribution < -0.4 is 0 Å². The summed E-state index contributed by atoms with van der Waals surface area (Å²) in [6.07, 6.45) is 1.24. The molecule has 0 unspecified atom stereocenters. The predicted octanol–water partition coefficient (Wildman–Crippen LogP) is 2.68. The number of hydrogen-bond donors (Lipinski definition) is 0. The molecule has 23 heavy (non-hydrogen) atoms. The van der Waals surface area contributed by atoms with Gasteiger partial charge in [-0.3, -0.25) is 0 Å². The van der Waals surface area contributed by atoms with Gasteiger partial charge in [0.15, 0.2) is 5.67 Å². The maximum atomic E-state index is 13.8. The van der Waals surface area contributed by atoms with Crippen LogP contribution in [0, 0.1) is 0 Å². The molecule has 0 atom stereocenters. The van der Waals surface area contributed by atoms with Crippen molar-refractivity contribution in [3.63, 3.8) is 0 Å². The van der Waals surface area contributed by atoms with Crippen molar-refractivity contribution in [3.05, 3.63) is 47.8 Å². The summed E-state index contributed by atoms with van der Waals surface area (Å²) in [7, 11) is 0. The summed E-state index contributed by atoms with van der Waals surface area (Å²) in [6.45, 7) is 4.11. The minimum atomic E-state index is -1.52. The fourth-order valence-electron chi connectivity index (χ4n) is 2.31. The second-order valence-electron chi connectivity index (χ2n) is 6.16. The van der Waals surface area contributed by atoms with Gasteiger partial charge >= 0.3 is 6.09 Å². The number of carbonyl (C=O) groups excluding carboxylic acids is 1. The zero-order chi connectivity index (χ0) is 16.4. The lowest BCUT2D eigenvalue weighted by Crippen LogP contribution is -2.51. The summed E-state index contributed by atoms with van der Waals surface area (Å²) in [4.78, 5) is 13.5. The van der Waals surface area contributed by atoms with Crippen molar-refractivity contribution in [2.75, 3.05) is 13.1 Å². The van der Waals surface area contributed by atoms with Crippen molar-refractivity contribution in [2.45, 2.75) is 32.2 Å². The summed E-state index contributed by atoms with van der Waals surface area (Å²) >= 11 is 0. The highest BCUT2D eigenvalue weighted by atomic mass is 19.1. The van der Waals surface area contributed by atoms with Crippen LogP contribution in [0.3, 0.4) is 0 Å². The Bertz CT molecular complexity index is 675. The molecule has 6 nitrogen and oxygen atoms in total. The van der Waals surface area contributed by atoms with Crippen LogP contribution in [0.5, 0.6) is 0 Å². The Morgan fingerprint density at radius 2 is 2.04 bits per heavy atom. The number of alkyl halides is 1. The van der Waals surface area contributed by atoms with Gasteiger partial charge in [0.2, 0.25) is 0 Å². The lowest BCUT2D eigenvalue weighted by Gasteiger charge is -2.37. The van der Waals surface area contributed by atoms with E-state index < -0.39 is 5.67 Å². The van der Waals surface area contributed by atoms with Crippen LogP contribution in [-0.4, -0.2) is 39.1 Å². The molecule has 0 N–H and O–H groups in total. The van der Waals surface area contributed by atoms with Gasteiger partial charge in [0.05, 0.1) is 12.2 Å². The van der Waals surface area contributed by atoms with Crippen molar-refractivity contribution in [2.24, 2.45) is 0 Å². The van der Waals surface area contributed by atoms with E-state index in [1.54, 1.807) is 15.8 Å². The first-order chi connectivity index (χ1) is 10.9. The Kier molecular flexibility index (Phi) is 4.02. The van der Waals surface area contributed by atoms with Crippen LogP contribution in [-0.2, 0) is 17.0 Å². The van der Waals surface area contributed by atoms with Crippen LogP contribution >= 0.6 is 0 Å². The van der Waals surface area contributed by atoms with E-state index in [4.69, 9.17) is 4.74 Å². The topological polar surface area (TPSA) is 60.2 Å². The fraction of sp³-hybridized carbons (Fsp3) is 0.438. The lowest BCUT2D eigenvalue weighted by molar-refractivity contribution is 0.0491. The number of halogens is 1. The first-order valence-electron chi connectivity index (χ1n) is 7.50. The Balaban J connectivity index is 1.49. The first kappa shape index (κ1) is 15.5. The Labute approximate surface area is 133 Å². The fourth-order valence-corrected chi connectivity index (χ4v) is 2.31. The van der Waals surface area contributed by atoms with Crippen molar-refractivity contribution < 1.29 is 13.9 Å². The van der Waals surface area contributed by atoms with E-state index in [1.807, 2.05) is 30.3 Å². The average molecular weight is 318 g/mol. The Hall–Kier alpha value is -2.44. The third-order valence-corrected chi connectivity index (χ3v) is 3.82. The molecule has 0 saturated carbocycles. The number of amides is 1.